The Morgan fingerprint density at radius 1 is 1.13 bits per heavy atom. The molecule has 0 saturated heterocycles. The van der Waals surface area contributed by atoms with Crippen LogP contribution in [0.5, 0.6) is 0 Å². The quantitative estimate of drug-likeness (QED) is 0.465. The molecule has 3 aromatic rings. The number of tetrazole rings is 1. The normalized spacial score (nSPS) is 12.3. The number of hydrogen-bond acceptors (Lipinski definition) is 5. The molecular formula is C20H20F3N5O2. The molecule has 0 unspecified atom stereocenters. The van der Waals surface area contributed by atoms with Crippen molar-refractivity contribution >= 4 is 11.6 Å². The first-order valence-corrected chi connectivity index (χ1v) is 9.17. The fourth-order valence-corrected chi connectivity index (χ4v) is 2.85. The van der Waals surface area contributed by atoms with Gasteiger partial charge in [0.2, 0.25) is 0 Å². The molecule has 3 rings (SSSR count). The van der Waals surface area contributed by atoms with Gasteiger partial charge in [-0.2, -0.15) is 22.5 Å². The summed E-state index contributed by atoms with van der Waals surface area (Å²) in [7, 11) is 0. The van der Waals surface area contributed by atoms with Crippen molar-refractivity contribution in [1.29, 1.82) is 0 Å². The summed E-state index contributed by atoms with van der Waals surface area (Å²) < 4.78 is 45.5. The molecular weight excluding hydrogens is 399 g/mol. The second kappa shape index (κ2) is 8.52. The van der Waals surface area contributed by atoms with Gasteiger partial charge in [-0.25, -0.2) is 9.79 Å². The van der Waals surface area contributed by atoms with Crippen molar-refractivity contribution in [3.63, 3.8) is 0 Å². The molecule has 0 aliphatic carbocycles. The number of aliphatic imine (C=N–C) groups is 1. The number of hydrogen-bond donors (Lipinski definition) is 0. The molecule has 0 aliphatic heterocycles. The maximum absolute atomic E-state index is 12.7. The lowest BCUT2D eigenvalue weighted by Crippen LogP contribution is -2.24. The van der Waals surface area contributed by atoms with E-state index in [0.29, 0.717) is 12.5 Å². The van der Waals surface area contributed by atoms with Crippen LogP contribution in [0.2, 0.25) is 0 Å². The van der Waals surface area contributed by atoms with Crippen LogP contribution in [0.25, 0.3) is 5.69 Å². The molecule has 0 atom stereocenters. The van der Waals surface area contributed by atoms with Crippen LogP contribution in [-0.4, -0.2) is 32.3 Å². The Morgan fingerprint density at radius 3 is 2.43 bits per heavy atom. The van der Waals surface area contributed by atoms with Crippen molar-refractivity contribution in [3.05, 3.63) is 69.6 Å². The Labute approximate surface area is 170 Å². The zero-order valence-corrected chi connectivity index (χ0v) is 16.6. The Hall–Kier alpha value is -3.43. The molecule has 0 fully saturated rings. The average Bonchev–Trinajstić information content (AvgIpc) is 3.04. The molecule has 30 heavy (non-hydrogen) atoms. The van der Waals surface area contributed by atoms with Crippen molar-refractivity contribution in [1.82, 2.24) is 19.8 Å². The van der Waals surface area contributed by atoms with Gasteiger partial charge < -0.3 is 4.74 Å². The molecule has 1 aromatic heterocycles. The number of nitrogens with zero attached hydrogens (tertiary/aromatic N) is 5. The first-order valence-electron chi connectivity index (χ1n) is 9.17. The van der Waals surface area contributed by atoms with Crippen LogP contribution in [0.4, 0.5) is 18.9 Å². The second-order valence-electron chi connectivity index (χ2n) is 6.56. The summed E-state index contributed by atoms with van der Waals surface area (Å²) in [4.78, 5) is 17.0. The van der Waals surface area contributed by atoms with E-state index in [1.165, 1.54) is 12.1 Å². The maximum Gasteiger partial charge on any atom is 0.416 e. The van der Waals surface area contributed by atoms with Gasteiger partial charge in [0.05, 0.1) is 30.1 Å². The largest absolute Gasteiger partial charge is 0.481 e. The number of aromatic nitrogens is 4. The molecule has 0 bridgehead atoms. The highest BCUT2D eigenvalue weighted by Crippen LogP contribution is 2.29. The third-order valence-electron chi connectivity index (χ3n) is 4.30. The lowest BCUT2D eigenvalue weighted by Gasteiger charge is -2.07. The van der Waals surface area contributed by atoms with E-state index >= 15 is 0 Å². The van der Waals surface area contributed by atoms with E-state index in [2.05, 4.69) is 15.4 Å². The van der Waals surface area contributed by atoms with Crippen molar-refractivity contribution < 1.29 is 17.9 Å². The molecule has 158 valence electrons. The third kappa shape index (κ3) is 4.76. The van der Waals surface area contributed by atoms with Crippen molar-refractivity contribution in [3.8, 4) is 5.69 Å². The summed E-state index contributed by atoms with van der Waals surface area (Å²) >= 11 is 0. The first kappa shape index (κ1) is 21.3. The zero-order chi connectivity index (χ0) is 21.9. The van der Waals surface area contributed by atoms with Crippen LogP contribution in [0, 0.1) is 6.92 Å². The minimum Gasteiger partial charge on any atom is -0.481 e. The van der Waals surface area contributed by atoms with Gasteiger partial charge in [0.1, 0.15) is 0 Å². The number of rotatable bonds is 5. The molecule has 2 aromatic carbocycles. The predicted octanol–water partition coefficient (Wildman–Crippen LogP) is 3.89. The van der Waals surface area contributed by atoms with E-state index in [1.807, 2.05) is 32.0 Å². The molecule has 0 amide bonds. The SMILES string of the molecule is CCO/C(C)=N/c1ccc(Cn2nnn(-c3ccc(C(F)(F)F)cc3)c2=O)cc1C. The zero-order valence-electron chi connectivity index (χ0n) is 16.6. The molecule has 0 saturated carbocycles. The fourth-order valence-electron chi connectivity index (χ4n) is 2.85. The lowest BCUT2D eigenvalue weighted by atomic mass is 10.1. The summed E-state index contributed by atoms with van der Waals surface area (Å²) in [6.07, 6.45) is -4.45. The van der Waals surface area contributed by atoms with Crippen LogP contribution in [0.15, 0.2) is 52.3 Å². The summed E-state index contributed by atoms with van der Waals surface area (Å²) in [5, 5.41) is 7.60. The van der Waals surface area contributed by atoms with Crippen LogP contribution in [-0.2, 0) is 17.5 Å². The predicted molar refractivity (Wildman–Crippen MR) is 105 cm³/mol. The number of ether oxygens (including phenoxy) is 1. The highest BCUT2D eigenvalue weighted by Gasteiger charge is 2.30. The van der Waals surface area contributed by atoms with Gasteiger partial charge >= 0.3 is 11.9 Å². The standard InChI is InChI=1S/C20H20F3N5O2/c1-4-30-14(3)24-18-10-5-15(11-13(18)2)12-27-19(29)28(26-25-27)17-8-6-16(7-9-17)20(21,22)23/h5-11H,4,12H2,1-3H3/b24-14+. The molecule has 0 N–H and O–H groups in total. The molecule has 0 aliphatic rings. The van der Waals surface area contributed by atoms with Gasteiger partial charge in [-0.05, 0) is 65.7 Å². The highest BCUT2D eigenvalue weighted by atomic mass is 19.4. The topological polar surface area (TPSA) is 74.3 Å². The fraction of sp³-hybridized carbons (Fsp3) is 0.300. The molecule has 7 nitrogen and oxygen atoms in total. The number of halogens is 3. The molecule has 0 radical (unpaired) electrons. The van der Waals surface area contributed by atoms with Crippen LogP contribution in [0.3, 0.4) is 0 Å². The molecule has 1 heterocycles. The average molecular weight is 419 g/mol. The Morgan fingerprint density at radius 2 is 1.83 bits per heavy atom. The second-order valence-corrected chi connectivity index (χ2v) is 6.56. The number of alkyl halides is 3. The van der Waals surface area contributed by atoms with Crippen molar-refractivity contribution in [2.75, 3.05) is 6.61 Å². The van der Waals surface area contributed by atoms with Crippen molar-refractivity contribution in [2.24, 2.45) is 4.99 Å². The van der Waals surface area contributed by atoms with Gasteiger partial charge in [0, 0.05) is 6.92 Å². The maximum atomic E-state index is 12.7. The summed E-state index contributed by atoms with van der Waals surface area (Å²) in [6.45, 7) is 6.24. The van der Waals surface area contributed by atoms with E-state index in [0.717, 1.165) is 38.3 Å². The van der Waals surface area contributed by atoms with E-state index in [4.69, 9.17) is 4.74 Å². The Balaban J connectivity index is 1.81. The summed E-state index contributed by atoms with van der Waals surface area (Å²) in [6, 6.07) is 9.66. The number of aryl methyl sites for hydroxylation is 1. The minimum atomic E-state index is -4.45. The smallest absolute Gasteiger partial charge is 0.416 e. The Bertz CT molecular complexity index is 1110. The van der Waals surface area contributed by atoms with E-state index in [9.17, 15) is 18.0 Å². The van der Waals surface area contributed by atoms with E-state index in [-0.39, 0.29) is 12.2 Å². The van der Waals surface area contributed by atoms with Crippen LogP contribution in [0.1, 0.15) is 30.5 Å². The monoisotopic (exact) mass is 419 g/mol. The van der Waals surface area contributed by atoms with Gasteiger partial charge in [-0.1, -0.05) is 12.1 Å². The third-order valence-corrected chi connectivity index (χ3v) is 4.30. The van der Waals surface area contributed by atoms with E-state index < -0.39 is 17.4 Å². The Kier molecular flexibility index (Phi) is 6.04. The van der Waals surface area contributed by atoms with Gasteiger partial charge in [0.25, 0.3) is 0 Å². The first-order chi connectivity index (χ1) is 14.2. The lowest BCUT2D eigenvalue weighted by molar-refractivity contribution is -0.137. The highest BCUT2D eigenvalue weighted by molar-refractivity contribution is 5.77. The van der Waals surface area contributed by atoms with Crippen LogP contribution < -0.4 is 5.69 Å². The van der Waals surface area contributed by atoms with Crippen LogP contribution >= 0.6 is 0 Å². The van der Waals surface area contributed by atoms with Gasteiger partial charge in [-0.3, -0.25) is 0 Å². The van der Waals surface area contributed by atoms with E-state index in [1.54, 1.807) is 6.92 Å². The van der Waals surface area contributed by atoms with Gasteiger partial charge in [-0.15, -0.1) is 0 Å². The van der Waals surface area contributed by atoms with Crippen molar-refractivity contribution in [2.45, 2.75) is 33.5 Å². The number of benzene rings is 2. The molecule has 0 spiro atoms. The molecule has 10 heteroatoms. The van der Waals surface area contributed by atoms with Gasteiger partial charge in [0.15, 0.2) is 5.90 Å². The summed E-state index contributed by atoms with van der Waals surface area (Å²) in [5.41, 5.74) is 1.31. The minimum absolute atomic E-state index is 0.161. The summed E-state index contributed by atoms with van der Waals surface area (Å²) in [5.74, 6) is 0.559.